The van der Waals surface area contributed by atoms with Crippen molar-refractivity contribution in [2.24, 2.45) is 0 Å². The maximum Gasteiger partial charge on any atom is 0.0768 e. The Balaban J connectivity index is 2.11. The minimum absolute atomic E-state index is 0.161. The van der Waals surface area contributed by atoms with Crippen molar-refractivity contribution in [3.63, 3.8) is 0 Å². The maximum absolute atomic E-state index is 4.64. The lowest BCUT2D eigenvalue weighted by Gasteiger charge is -2.21. The Morgan fingerprint density at radius 3 is 2.90 bits per heavy atom. The molecule has 2 heterocycles. The molecule has 0 amide bonds. The number of aryl methyl sites for hydroxylation is 1. The molecule has 3 rings (SSSR count). The molecule has 0 aliphatic heterocycles. The second kappa shape index (κ2) is 6.37. The van der Waals surface area contributed by atoms with Gasteiger partial charge in [0, 0.05) is 10.9 Å². The molecule has 1 unspecified atom stereocenters. The molecular weight excluding hydrogens is 276 g/mol. The van der Waals surface area contributed by atoms with Crippen LogP contribution in [0, 0.1) is 6.92 Å². The highest BCUT2D eigenvalue weighted by Crippen LogP contribution is 2.32. The van der Waals surface area contributed by atoms with E-state index in [0.717, 1.165) is 18.7 Å². The van der Waals surface area contributed by atoms with Gasteiger partial charge in [0.1, 0.15) is 0 Å². The average molecular weight is 296 g/mol. The van der Waals surface area contributed by atoms with Crippen molar-refractivity contribution in [3.05, 3.63) is 64.8 Å². The van der Waals surface area contributed by atoms with Crippen LogP contribution in [0.2, 0.25) is 0 Å². The van der Waals surface area contributed by atoms with E-state index in [2.05, 4.69) is 59.9 Å². The van der Waals surface area contributed by atoms with E-state index in [-0.39, 0.29) is 6.04 Å². The van der Waals surface area contributed by atoms with Crippen molar-refractivity contribution in [3.8, 4) is 0 Å². The first-order valence-electron chi connectivity index (χ1n) is 7.42. The molecule has 1 N–H and O–H groups in total. The number of rotatable bonds is 5. The fourth-order valence-corrected chi connectivity index (χ4v) is 3.63. The van der Waals surface area contributed by atoms with Gasteiger partial charge in [-0.15, -0.1) is 11.3 Å². The Morgan fingerprint density at radius 1 is 1.19 bits per heavy atom. The lowest BCUT2D eigenvalue weighted by Crippen LogP contribution is -2.25. The summed E-state index contributed by atoms with van der Waals surface area (Å²) in [5.41, 5.74) is 3.70. The molecule has 3 aromatic rings. The molecule has 108 valence electrons. The van der Waals surface area contributed by atoms with Crippen molar-refractivity contribution in [2.45, 2.75) is 26.3 Å². The zero-order chi connectivity index (χ0) is 14.7. The fourth-order valence-electron chi connectivity index (χ4n) is 2.69. The Kier molecular flexibility index (Phi) is 4.32. The molecule has 0 fully saturated rings. The maximum atomic E-state index is 4.64. The summed E-state index contributed by atoms with van der Waals surface area (Å²) in [5.74, 6) is 0. The molecule has 0 saturated carbocycles. The predicted molar refractivity (Wildman–Crippen MR) is 90.9 cm³/mol. The van der Waals surface area contributed by atoms with Gasteiger partial charge in [-0.2, -0.15) is 0 Å². The van der Waals surface area contributed by atoms with E-state index < -0.39 is 0 Å². The average Bonchev–Trinajstić information content (AvgIpc) is 2.98. The topological polar surface area (TPSA) is 24.9 Å². The molecule has 0 radical (unpaired) electrons. The summed E-state index contributed by atoms with van der Waals surface area (Å²) in [6, 6.07) is 13.0. The number of fused-ring (bicyclic) bond motifs is 1. The molecule has 0 saturated heterocycles. The van der Waals surface area contributed by atoms with Crippen LogP contribution in [0.1, 0.15) is 36.2 Å². The van der Waals surface area contributed by atoms with Crippen molar-refractivity contribution in [1.29, 1.82) is 0 Å². The Labute approximate surface area is 129 Å². The van der Waals surface area contributed by atoms with Gasteiger partial charge in [0.05, 0.1) is 11.7 Å². The molecule has 2 aromatic heterocycles. The summed E-state index contributed by atoms with van der Waals surface area (Å²) in [6.07, 6.45) is 3.00. The van der Waals surface area contributed by atoms with E-state index in [0.29, 0.717) is 0 Å². The van der Waals surface area contributed by atoms with Gasteiger partial charge in [0.15, 0.2) is 0 Å². The summed E-state index contributed by atoms with van der Waals surface area (Å²) in [6.45, 7) is 5.32. The van der Waals surface area contributed by atoms with Crippen LogP contribution in [0.15, 0.2) is 48.0 Å². The van der Waals surface area contributed by atoms with E-state index in [1.165, 1.54) is 21.2 Å². The quantitative estimate of drug-likeness (QED) is 0.738. The SMILES string of the molecule is CCCNC(c1ncccc1C)c1cccc2ccsc12. The first-order chi connectivity index (χ1) is 10.3. The normalized spacial score (nSPS) is 12.7. The molecule has 1 aromatic carbocycles. The monoisotopic (exact) mass is 296 g/mol. The number of benzene rings is 1. The number of thiophene rings is 1. The van der Waals surface area contributed by atoms with Gasteiger partial charge in [-0.1, -0.05) is 31.2 Å². The summed E-state index contributed by atoms with van der Waals surface area (Å²) in [4.78, 5) is 4.64. The third-order valence-electron chi connectivity index (χ3n) is 3.74. The van der Waals surface area contributed by atoms with Gasteiger partial charge in [-0.05, 0) is 53.9 Å². The summed E-state index contributed by atoms with van der Waals surface area (Å²) >= 11 is 1.81. The van der Waals surface area contributed by atoms with Crippen LogP contribution in [0.5, 0.6) is 0 Å². The van der Waals surface area contributed by atoms with Crippen LogP contribution < -0.4 is 5.32 Å². The number of hydrogen-bond acceptors (Lipinski definition) is 3. The number of aromatic nitrogens is 1. The van der Waals surface area contributed by atoms with Gasteiger partial charge < -0.3 is 5.32 Å². The number of nitrogens with one attached hydrogen (secondary N) is 1. The van der Waals surface area contributed by atoms with Crippen molar-refractivity contribution in [2.75, 3.05) is 6.54 Å². The van der Waals surface area contributed by atoms with Gasteiger partial charge in [0.25, 0.3) is 0 Å². The lowest BCUT2D eigenvalue weighted by atomic mass is 9.98. The second-order valence-electron chi connectivity index (χ2n) is 5.28. The minimum atomic E-state index is 0.161. The van der Waals surface area contributed by atoms with Crippen LogP contribution in [-0.4, -0.2) is 11.5 Å². The van der Waals surface area contributed by atoms with Gasteiger partial charge in [-0.3, -0.25) is 4.98 Å². The van der Waals surface area contributed by atoms with Crippen LogP contribution >= 0.6 is 11.3 Å². The Hall–Kier alpha value is -1.71. The van der Waals surface area contributed by atoms with Gasteiger partial charge >= 0.3 is 0 Å². The van der Waals surface area contributed by atoms with Crippen molar-refractivity contribution in [1.82, 2.24) is 10.3 Å². The van der Waals surface area contributed by atoms with Crippen molar-refractivity contribution >= 4 is 21.4 Å². The van der Waals surface area contributed by atoms with Gasteiger partial charge in [0.2, 0.25) is 0 Å². The van der Waals surface area contributed by atoms with Crippen molar-refractivity contribution < 1.29 is 0 Å². The number of nitrogens with zero attached hydrogens (tertiary/aromatic N) is 1. The first kappa shape index (κ1) is 14.2. The molecule has 3 heteroatoms. The molecule has 2 nitrogen and oxygen atoms in total. The highest BCUT2D eigenvalue weighted by atomic mass is 32.1. The summed E-state index contributed by atoms with van der Waals surface area (Å²) in [7, 11) is 0. The van der Waals surface area contributed by atoms with Gasteiger partial charge in [-0.25, -0.2) is 0 Å². The molecular formula is C18H20N2S. The largest absolute Gasteiger partial charge is 0.305 e. The lowest BCUT2D eigenvalue weighted by molar-refractivity contribution is 0.587. The zero-order valence-corrected chi connectivity index (χ0v) is 13.3. The molecule has 21 heavy (non-hydrogen) atoms. The molecule has 1 atom stereocenters. The third kappa shape index (κ3) is 2.85. The molecule has 0 spiro atoms. The van der Waals surface area contributed by atoms with E-state index in [1.807, 2.05) is 23.6 Å². The molecule has 0 aliphatic carbocycles. The Bertz CT molecular complexity index is 733. The number of hydrogen-bond donors (Lipinski definition) is 1. The van der Waals surface area contributed by atoms with E-state index >= 15 is 0 Å². The van der Waals surface area contributed by atoms with E-state index in [1.54, 1.807) is 0 Å². The van der Waals surface area contributed by atoms with E-state index in [9.17, 15) is 0 Å². The smallest absolute Gasteiger partial charge is 0.0768 e. The number of pyridine rings is 1. The van der Waals surface area contributed by atoms with Crippen LogP contribution in [0.4, 0.5) is 0 Å². The predicted octanol–water partition coefficient (Wildman–Crippen LogP) is 4.69. The van der Waals surface area contributed by atoms with Crippen LogP contribution in [0.25, 0.3) is 10.1 Å². The van der Waals surface area contributed by atoms with Crippen LogP contribution in [-0.2, 0) is 0 Å². The van der Waals surface area contributed by atoms with Crippen LogP contribution in [0.3, 0.4) is 0 Å². The second-order valence-corrected chi connectivity index (χ2v) is 6.19. The highest BCUT2D eigenvalue weighted by molar-refractivity contribution is 7.17. The van der Waals surface area contributed by atoms with E-state index in [4.69, 9.17) is 0 Å². The standard InChI is InChI=1S/C18H20N2S/c1-3-10-19-17(16-13(2)6-5-11-20-16)15-8-4-7-14-9-12-21-18(14)15/h4-9,11-12,17,19H,3,10H2,1-2H3. The fraction of sp³-hybridized carbons (Fsp3) is 0.278. The highest BCUT2D eigenvalue weighted by Gasteiger charge is 2.19. The zero-order valence-electron chi connectivity index (χ0n) is 12.5. The first-order valence-corrected chi connectivity index (χ1v) is 8.30. The minimum Gasteiger partial charge on any atom is -0.305 e. The molecule has 0 aliphatic rings. The Morgan fingerprint density at radius 2 is 2.10 bits per heavy atom. The molecule has 0 bridgehead atoms. The summed E-state index contributed by atoms with van der Waals surface area (Å²) < 4.78 is 1.36. The summed E-state index contributed by atoms with van der Waals surface area (Å²) in [5, 5.41) is 7.15. The third-order valence-corrected chi connectivity index (χ3v) is 4.72.